The zero-order chi connectivity index (χ0) is 11.3. The van der Waals surface area contributed by atoms with Gasteiger partial charge in [-0.1, -0.05) is 13.8 Å². The number of amides is 1. The predicted octanol–water partition coefficient (Wildman–Crippen LogP) is 3.03. The van der Waals surface area contributed by atoms with Crippen molar-refractivity contribution in [1.29, 1.82) is 0 Å². The van der Waals surface area contributed by atoms with Crippen molar-refractivity contribution in [3.8, 4) is 0 Å². The van der Waals surface area contributed by atoms with Crippen LogP contribution in [0.15, 0.2) is 0 Å². The molecular weight excluding hydrogens is 174 g/mol. The molecule has 0 aliphatic carbocycles. The van der Waals surface area contributed by atoms with E-state index in [1.165, 1.54) is 0 Å². The van der Waals surface area contributed by atoms with Gasteiger partial charge in [0.1, 0.15) is 0 Å². The number of carbonyl (C=O) groups excluding carboxylic acids is 1. The second-order valence-electron chi connectivity index (χ2n) is 4.21. The average molecular weight is 198 g/mol. The largest absolute Gasteiger partial charge is 0.337 e. The first-order valence-electron chi connectivity index (χ1n) is 5.62. The van der Waals surface area contributed by atoms with Gasteiger partial charge < -0.3 is 4.90 Å². The van der Waals surface area contributed by atoms with Crippen molar-refractivity contribution >= 4 is 5.91 Å². The molecule has 0 spiro atoms. The average Bonchev–Trinajstić information content (AvgIpc) is 2.04. The Balaban J connectivity index is 4.58. The fraction of sp³-hybridized carbons (Fsp3) is 0.833. The third kappa shape index (κ3) is 3.32. The fourth-order valence-electron chi connectivity index (χ4n) is 1.80. The Labute approximate surface area is 88.7 Å². The van der Waals surface area contributed by atoms with E-state index >= 15 is 0 Å². The highest BCUT2D eigenvalue weighted by Crippen LogP contribution is 2.18. The highest BCUT2D eigenvalue weighted by atomic mass is 16.2. The maximum Gasteiger partial charge on any atom is 0.230 e. The summed E-state index contributed by atoms with van der Waals surface area (Å²) in [5.74, 6) is 1.27. The molecule has 0 aromatic heterocycles. The minimum Gasteiger partial charge on any atom is -0.337 e. The predicted molar refractivity (Wildman–Crippen MR) is 60.9 cm³/mol. The molecule has 0 saturated carbocycles. The Bertz CT molecular complexity index is 163. The molecule has 0 aromatic rings. The lowest BCUT2D eigenvalue weighted by atomic mass is 10.00. The van der Waals surface area contributed by atoms with Gasteiger partial charge in [0.25, 0.3) is 0 Å². The summed E-state index contributed by atoms with van der Waals surface area (Å²) in [7, 11) is 0. The van der Waals surface area contributed by atoms with E-state index in [0.717, 1.165) is 18.8 Å². The lowest BCUT2D eigenvalue weighted by molar-refractivity contribution is -0.133. The first kappa shape index (κ1) is 13.5. The molecule has 0 heterocycles. The number of hydrogen-bond acceptors (Lipinski definition) is 1. The van der Waals surface area contributed by atoms with Crippen molar-refractivity contribution in [2.45, 2.75) is 66.5 Å². The zero-order valence-corrected chi connectivity index (χ0v) is 10.4. The van der Waals surface area contributed by atoms with E-state index in [4.69, 9.17) is 0 Å². The van der Waals surface area contributed by atoms with Crippen LogP contribution in [0.3, 0.4) is 0 Å². The van der Waals surface area contributed by atoms with Crippen LogP contribution in [0.2, 0.25) is 0 Å². The van der Waals surface area contributed by atoms with E-state index < -0.39 is 0 Å². The quantitative estimate of drug-likeness (QED) is 0.665. The Hall–Kier alpha value is -0.530. The molecule has 0 fully saturated rings. The Morgan fingerprint density at radius 2 is 1.36 bits per heavy atom. The molecule has 0 aliphatic rings. The molecule has 0 atom stereocenters. The zero-order valence-electron chi connectivity index (χ0n) is 10.4. The Morgan fingerprint density at radius 3 is 1.57 bits per heavy atom. The molecule has 0 unspecified atom stereocenters. The lowest BCUT2D eigenvalue weighted by Gasteiger charge is -2.33. The van der Waals surface area contributed by atoms with Crippen LogP contribution in [-0.2, 0) is 4.79 Å². The smallest absolute Gasteiger partial charge is 0.230 e. The van der Waals surface area contributed by atoms with Crippen molar-refractivity contribution in [3.05, 3.63) is 5.92 Å². The van der Waals surface area contributed by atoms with Crippen molar-refractivity contribution < 1.29 is 4.79 Å². The van der Waals surface area contributed by atoms with E-state index in [1.54, 1.807) is 0 Å². The highest BCUT2D eigenvalue weighted by Gasteiger charge is 2.25. The first-order chi connectivity index (χ1) is 6.45. The van der Waals surface area contributed by atoms with Crippen LogP contribution >= 0.6 is 0 Å². The number of nitrogens with zero attached hydrogens (tertiary/aromatic N) is 1. The van der Waals surface area contributed by atoms with Crippen molar-refractivity contribution in [1.82, 2.24) is 4.90 Å². The highest BCUT2D eigenvalue weighted by molar-refractivity contribution is 5.90. The Morgan fingerprint density at radius 1 is 1.00 bits per heavy atom. The molecule has 83 valence electrons. The second-order valence-corrected chi connectivity index (χ2v) is 4.21. The summed E-state index contributed by atoms with van der Waals surface area (Å²) in [5.41, 5.74) is 0. The van der Waals surface area contributed by atoms with Gasteiger partial charge in [0.15, 0.2) is 0 Å². The van der Waals surface area contributed by atoms with Gasteiger partial charge >= 0.3 is 0 Å². The van der Waals surface area contributed by atoms with Crippen LogP contribution in [0.25, 0.3) is 0 Å². The van der Waals surface area contributed by atoms with Gasteiger partial charge in [-0.25, -0.2) is 0 Å². The molecule has 1 amide bonds. The maximum absolute atomic E-state index is 12.1. The van der Waals surface area contributed by atoms with Gasteiger partial charge in [0.2, 0.25) is 5.91 Å². The molecule has 0 N–H and O–H groups in total. The van der Waals surface area contributed by atoms with Gasteiger partial charge in [-0.05, 0) is 40.5 Å². The number of rotatable bonds is 5. The summed E-state index contributed by atoms with van der Waals surface area (Å²) >= 11 is 0. The van der Waals surface area contributed by atoms with E-state index in [2.05, 4.69) is 41.5 Å². The van der Waals surface area contributed by atoms with Crippen molar-refractivity contribution in [2.24, 2.45) is 0 Å². The molecule has 2 nitrogen and oxygen atoms in total. The van der Waals surface area contributed by atoms with Gasteiger partial charge in [-0.2, -0.15) is 0 Å². The number of hydrogen-bond donors (Lipinski definition) is 0. The molecule has 0 aliphatic heterocycles. The molecular formula is C12H24NO. The molecule has 0 saturated heterocycles. The van der Waals surface area contributed by atoms with E-state index in [1.807, 2.05) is 4.90 Å². The van der Waals surface area contributed by atoms with Crippen LogP contribution in [0, 0.1) is 5.92 Å². The van der Waals surface area contributed by atoms with Gasteiger partial charge in [-0.15, -0.1) is 0 Å². The van der Waals surface area contributed by atoms with Crippen LogP contribution in [0.5, 0.6) is 0 Å². The van der Waals surface area contributed by atoms with Crippen LogP contribution in [0.1, 0.15) is 54.4 Å². The topological polar surface area (TPSA) is 20.3 Å². The molecule has 0 aromatic carbocycles. The van der Waals surface area contributed by atoms with Crippen LogP contribution in [-0.4, -0.2) is 22.9 Å². The summed E-state index contributed by atoms with van der Waals surface area (Å²) in [6.07, 6.45) is 1.73. The number of carbonyl (C=O) groups is 1. The Kier molecular flexibility index (Phi) is 5.82. The lowest BCUT2D eigenvalue weighted by Crippen LogP contribution is -2.44. The summed E-state index contributed by atoms with van der Waals surface area (Å²) in [4.78, 5) is 14.0. The van der Waals surface area contributed by atoms with Gasteiger partial charge in [0, 0.05) is 12.1 Å². The van der Waals surface area contributed by atoms with Crippen molar-refractivity contribution in [3.63, 3.8) is 0 Å². The summed E-state index contributed by atoms with van der Waals surface area (Å²) in [6, 6.07) is 0.575. The van der Waals surface area contributed by atoms with Gasteiger partial charge in [0.05, 0.1) is 5.92 Å². The van der Waals surface area contributed by atoms with Crippen LogP contribution < -0.4 is 0 Å². The summed E-state index contributed by atoms with van der Waals surface area (Å²) in [6.45, 7) is 12.4. The van der Waals surface area contributed by atoms with E-state index in [0.29, 0.717) is 0 Å². The first-order valence-corrected chi connectivity index (χ1v) is 5.62. The summed E-state index contributed by atoms with van der Waals surface area (Å²) < 4.78 is 0. The molecule has 14 heavy (non-hydrogen) atoms. The van der Waals surface area contributed by atoms with Crippen LogP contribution in [0.4, 0.5) is 0 Å². The monoisotopic (exact) mass is 198 g/mol. The molecule has 0 rings (SSSR count). The third-order valence-electron chi connectivity index (χ3n) is 2.50. The normalized spacial score (nSPS) is 11.5. The molecule has 1 radical (unpaired) electrons. The molecule has 2 heteroatoms. The SMILES string of the molecule is CC[C](CC)C(=O)N(C(C)C)C(C)C. The summed E-state index contributed by atoms with van der Waals surface area (Å²) in [5, 5.41) is 0. The minimum atomic E-state index is 0.236. The van der Waals surface area contributed by atoms with Crippen molar-refractivity contribution in [2.75, 3.05) is 0 Å². The maximum atomic E-state index is 12.1. The standard InChI is InChI=1S/C12H24NO/c1-7-11(8-2)12(14)13(9(3)4)10(5)6/h9-10H,7-8H2,1-6H3. The van der Waals surface area contributed by atoms with E-state index in [-0.39, 0.29) is 18.0 Å². The van der Waals surface area contributed by atoms with E-state index in [9.17, 15) is 4.79 Å². The fourth-order valence-corrected chi connectivity index (χ4v) is 1.80. The van der Waals surface area contributed by atoms with Gasteiger partial charge in [-0.3, -0.25) is 4.79 Å². The third-order valence-corrected chi connectivity index (χ3v) is 2.50. The molecule has 0 bridgehead atoms. The minimum absolute atomic E-state index is 0.236. The second kappa shape index (κ2) is 6.05.